The summed E-state index contributed by atoms with van der Waals surface area (Å²) in [6.07, 6.45) is 4.38. The van der Waals surface area contributed by atoms with Crippen LogP contribution in [0.5, 0.6) is 0 Å². The van der Waals surface area contributed by atoms with Crippen molar-refractivity contribution in [1.82, 2.24) is 0 Å². The van der Waals surface area contributed by atoms with Gasteiger partial charge in [-0.05, 0) is 23.6 Å². The molecule has 1 heterocycles. The summed E-state index contributed by atoms with van der Waals surface area (Å²) >= 11 is 0. The van der Waals surface area contributed by atoms with Gasteiger partial charge in [-0.1, -0.05) is 31.2 Å². The van der Waals surface area contributed by atoms with Crippen molar-refractivity contribution in [2.75, 3.05) is 0 Å². The van der Waals surface area contributed by atoms with Gasteiger partial charge in [-0.3, -0.25) is 0 Å². The summed E-state index contributed by atoms with van der Waals surface area (Å²) in [5.74, 6) is 0. The van der Waals surface area contributed by atoms with Crippen molar-refractivity contribution in [2.24, 2.45) is 5.73 Å². The maximum absolute atomic E-state index is 6.12. The van der Waals surface area contributed by atoms with Crippen LogP contribution in [0.3, 0.4) is 0 Å². The van der Waals surface area contributed by atoms with Crippen molar-refractivity contribution in [3.05, 3.63) is 59.5 Å². The summed E-state index contributed by atoms with van der Waals surface area (Å²) in [5.41, 5.74) is 9.59. The molecule has 1 atom stereocenters. The molecule has 0 aliphatic heterocycles. The highest BCUT2D eigenvalue weighted by Crippen LogP contribution is 2.20. The predicted octanol–water partition coefficient (Wildman–Crippen LogP) is 2.89. The molecule has 0 bridgehead atoms. The van der Waals surface area contributed by atoms with Gasteiger partial charge in [0.15, 0.2) is 0 Å². The first-order valence-electron chi connectivity index (χ1n) is 5.17. The molecular formula is C13H15NO. The highest BCUT2D eigenvalue weighted by atomic mass is 16.3. The van der Waals surface area contributed by atoms with Crippen LogP contribution in [-0.2, 0) is 6.42 Å². The third-order valence-electron chi connectivity index (χ3n) is 2.62. The normalized spacial score (nSPS) is 12.7. The molecule has 2 nitrogen and oxygen atoms in total. The van der Waals surface area contributed by atoms with Crippen LogP contribution in [-0.4, -0.2) is 0 Å². The van der Waals surface area contributed by atoms with Crippen LogP contribution in [0, 0.1) is 0 Å². The monoisotopic (exact) mass is 201 g/mol. The van der Waals surface area contributed by atoms with Crippen molar-refractivity contribution in [3.8, 4) is 0 Å². The molecular weight excluding hydrogens is 186 g/mol. The topological polar surface area (TPSA) is 39.2 Å². The Morgan fingerprint density at radius 3 is 2.80 bits per heavy atom. The van der Waals surface area contributed by atoms with Gasteiger partial charge in [-0.15, -0.1) is 0 Å². The zero-order valence-corrected chi connectivity index (χ0v) is 8.81. The van der Waals surface area contributed by atoms with Gasteiger partial charge in [-0.2, -0.15) is 0 Å². The van der Waals surface area contributed by atoms with E-state index < -0.39 is 0 Å². The smallest absolute Gasteiger partial charge is 0.0953 e. The Hall–Kier alpha value is -1.54. The van der Waals surface area contributed by atoms with E-state index in [2.05, 4.69) is 25.1 Å². The Labute approximate surface area is 89.7 Å². The fourth-order valence-electron chi connectivity index (χ4n) is 1.65. The molecule has 1 aromatic carbocycles. The maximum Gasteiger partial charge on any atom is 0.0953 e. The van der Waals surface area contributed by atoms with Gasteiger partial charge in [0.2, 0.25) is 0 Å². The molecule has 2 aromatic rings. The highest BCUT2D eigenvalue weighted by molar-refractivity contribution is 5.32. The van der Waals surface area contributed by atoms with E-state index in [0.29, 0.717) is 0 Å². The van der Waals surface area contributed by atoms with Gasteiger partial charge < -0.3 is 10.2 Å². The van der Waals surface area contributed by atoms with Crippen LogP contribution in [0.4, 0.5) is 0 Å². The number of hydrogen-bond acceptors (Lipinski definition) is 2. The first-order chi connectivity index (χ1) is 7.31. The number of furan rings is 1. The molecule has 2 N–H and O–H groups in total. The summed E-state index contributed by atoms with van der Waals surface area (Å²) in [7, 11) is 0. The van der Waals surface area contributed by atoms with Crippen molar-refractivity contribution < 1.29 is 4.42 Å². The van der Waals surface area contributed by atoms with Crippen molar-refractivity contribution in [1.29, 1.82) is 0 Å². The minimum Gasteiger partial charge on any atom is -0.472 e. The summed E-state index contributed by atoms with van der Waals surface area (Å²) in [6.45, 7) is 2.14. The molecule has 0 saturated heterocycles. The van der Waals surface area contributed by atoms with Gasteiger partial charge in [-0.25, -0.2) is 0 Å². The highest BCUT2D eigenvalue weighted by Gasteiger charge is 2.09. The Balaban J connectivity index is 2.29. The van der Waals surface area contributed by atoms with Gasteiger partial charge in [0.1, 0.15) is 0 Å². The second-order valence-electron chi connectivity index (χ2n) is 3.63. The summed E-state index contributed by atoms with van der Waals surface area (Å²) < 4.78 is 5.03. The van der Waals surface area contributed by atoms with Gasteiger partial charge >= 0.3 is 0 Å². The van der Waals surface area contributed by atoms with Crippen LogP contribution in [0.25, 0.3) is 0 Å². The van der Waals surface area contributed by atoms with E-state index in [0.717, 1.165) is 17.5 Å². The Bertz CT molecular complexity index is 420. The second-order valence-corrected chi connectivity index (χ2v) is 3.63. The molecule has 0 saturated carbocycles. The van der Waals surface area contributed by atoms with Gasteiger partial charge in [0.25, 0.3) is 0 Å². The van der Waals surface area contributed by atoms with E-state index in [1.807, 2.05) is 12.1 Å². The zero-order valence-electron chi connectivity index (χ0n) is 8.81. The maximum atomic E-state index is 6.12. The number of aryl methyl sites for hydroxylation is 1. The quantitative estimate of drug-likeness (QED) is 0.829. The number of nitrogens with two attached hydrogens (primary N) is 1. The lowest BCUT2D eigenvalue weighted by atomic mass is 9.99. The first kappa shape index (κ1) is 9.99. The van der Waals surface area contributed by atoms with Crippen molar-refractivity contribution in [2.45, 2.75) is 19.4 Å². The van der Waals surface area contributed by atoms with Crippen LogP contribution in [0.2, 0.25) is 0 Å². The third kappa shape index (κ3) is 2.10. The average molecular weight is 201 g/mol. The van der Waals surface area contributed by atoms with E-state index in [1.54, 1.807) is 12.5 Å². The molecule has 78 valence electrons. The third-order valence-corrected chi connectivity index (χ3v) is 2.62. The lowest BCUT2D eigenvalue weighted by molar-refractivity contribution is 0.562. The molecule has 0 amide bonds. The standard InChI is InChI=1S/C13H15NO/c1-2-10-4-3-5-11(8-10)13(14)12-6-7-15-9-12/h3-9,13H,2,14H2,1H3. The minimum absolute atomic E-state index is 0.0877. The molecule has 2 rings (SSSR count). The predicted molar refractivity (Wildman–Crippen MR) is 60.6 cm³/mol. The van der Waals surface area contributed by atoms with E-state index in [4.69, 9.17) is 10.2 Å². The molecule has 2 heteroatoms. The van der Waals surface area contributed by atoms with Crippen LogP contribution in [0.1, 0.15) is 29.7 Å². The van der Waals surface area contributed by atoms with E-state index in [1.165, 1.54) is 5.56 Å². The summed E-state index contributed by atoms with van der Waals surface area (Å²) in [4.78, 5) is 0. The van der Waals surface area contributed by atoms with E-state index in [9.17, 15) is 0 Å². The van der Waals surface area contributed by atoms with E-state index >= 15 is 0 Å². The molecule has 0 aliphatic carbocycles. The van der Waals surface area contributed by atoms with Crippen molar-refractivity contribution >= 4 is 0 Å². The first-order valence-corrected chi connectivity index (χ1v) is 5.17. The molecule has 1 unspecified atom stereocenters. The molecule has 15 heavy (non-hydrogen) atoms. The lowest BCUT2D eigenvalue weighted by Gasteiger charge is -2.10. The fourth-order valence-corrected chi connectivity index (χ4v) is 1.65. The lowest BCUT2D eigenvalue weighted by Crippen LogP contribution is -2.10. The SMILES string of the molecule is CCc1cccc(C(N)c2ccoc2)c1. The van der Waals surface area contributed by atoms with Crippen molar-refractivity contribution in [3.63, 3.8) is 0 Å². The molecule has 0 aliphatic rings. The minimum atomic E-state index is -0.0877. The Kier molecular flexibility index (Phi) is 2.88. The molecule has 0 radical (unpaired) electrons. The Morgan fingerprint density at radius 2 is 2.13 bits per heavy atom. The van der Waals surface area contributed by atoms with Gasteiger partial charge in [0, 0.05) is 5.56 Å². The Morgan fingerprint density at radius 1 is 1.27 bits per heavy atom. The largest absolute Gasteiger partial charge is 0.472 e. The summed E-state index contributed by atoms with van der Waals surface area (Å²) in [5, 5.41) is 0. The van der Waals surface area contributed by atoms with Crippen LogP contribution in [0.15, 0.2) is 47.3 Å². The van der Waals surface area contributed by atoms with E-state index in [-0.39, 0.29) is 6.04 Å². The van der Waals surface area contributed by atoms with Crippen LogP contribution < -0.4 is 5.73 Å². The average Bonchev–Trinajstić information content (AvgIpc) is 2.81. The van der Waals surface area contributed by atoms with Crippen LogP contribution >= 0.6 is 0 Å². The second kappa shape index (κ2) is 4.32. The van der Waals surface area contributed by atoms with Gasteiger partial charge in [0.05, 0.1) is 18.6 Å². The number of benzene rings is 1. The molecule has 0 spiro atoms. The fraction of sp³-hybridized carbons (Fsp3) is 0.231. The number of rotatable bonds is 3. The summed E-state index contributed by atoms with van der Waals surface area (Å²) in [6, 6.07) is 10.2. The number of hydrogen-bond donors (Lipinski definition) is 1. The molecule has 1 aromatic heterocycles. The molecule has 0 fully saturated rings. The zero-order chi connectivity index (χ0) is 10.7.